The molecule has 1 saturated heterocycles. The Labute approximate surface area is 187 Å². The Balaban J connectivity index is 1.35. The van der Waals surface area contributed by atoms with E-state index in [-0.39, 0.29) is 12.5 Å². The van der Waals surface area contributed by atoms with Gasteiger partial charge in [-0.3, -0.25) is 4.79 Å². The normalized spacial score (nSPS) is 14.4. The van der Waals surface area contributed by atoms with Gasteiger partial charge in [-0.25, -0.2) is 4.98 Å². The highest BCUT2D eigenvalue weighted by atomic mass is 35.5. The highest BCUT2D eigenvalue weighted by Crippen LogP contribution is 2.34. The van der Waals surface area contributed by atoms with Crippen LogP contribution >= 0.6 is 46.3 Å². The van der Waals surface area contributed by atoms with Crippen LogP contribution in [0.3, 0.4) is 0 Å². The molecule has 0 radical (unpaired) electrons. The summed E-state index contributed by atoms with van der Waals surface area (Å²) in [5.41, 5.74) is 1.06. The first-order valence-corrected chi connectivity index (χ1v) is 11.9. The van der Waals surface area contributed by atoms with Gasteiger partial charge in [-0.2, -0.15) is 0 Å². The number of benzene rings is 2. The van der Waals surface area contributed by atoms with E-state index < -0.39 is 0 Å². The van der Waals surface area contributed by atoms with E-state index in [2.05, 4.69) is 29.4 Å². The third-order valence-corrected chi connectivity index (χ3v) is 7.12. The summed E-state index contributed by atoms with van der Waals surface area (Å²) in [6, 6.07) is 11.2. The number of hydrogen-bond donors (Lipinski definition) is 0. The number of thiazole rings is 1. The lowest BCUT2D eigenvalue weighted by Crippen LogP contribution is -2.50. The quantitative estimate of drug-likeness (QED) is 0.491. The third-order valence-electron chi connectivity index (χ3n) is 4.74. The summed E-state index contributed by atoms with van der Waals surface area (Å²) in [6.45, 7) is 2.74. The molecule has 1 aromatic heterocycles. The Morgan fingerprint density at radius 2 is 2.00 bits per heavy atom. The molecule has 29 heavy (non-hydrogen) atoms. The first kappa shape index (κ1) is 20.6. The molecule has 3 aromatic rings. The van der Waals surface area contributed by atoms with E-state index in [1.807, 2.05) is 4.90 Å². The van der Waals surface area contributed by atoms with Crippen LogP contribution in [0.4, 0.5) is 5.13 Å². The standard InChI is InChI=1S/C20H19Cl2N3O2S2/c1-28-16-3-2-4-17-19(16)23-20(29-17)25-9-7-24(8-10-25)18(26)12-27-15-6-5-13(21)11-14(15)22/h2-6,11H,7-10,12H2,1H3. The average Bonchev–Trinajstić information content (AvgIpc) is 3.17. The first-order valence-electron chi connectivity index (χ1n) is 9.09. The van der Waals surface area contributed by atoms with Crippen molar-refractivity contribution in [1.82, 2.24) is 9.88 Å². The van der Waals surface area contributed by atoms with Gasteiger partial charge in [0.25, 0.3) is 5.91 Å². The molecular weight excluding hydrogens is 449 g/mol. The van der Waals surface area contributed by atoms with Crippen LogP contribution in [0.25, 0.3) is 10.2 Å². The number of anilines is 1. The fourth-order valence-corrected chi connectivity index (χ4v) is 5.32. The van der Waals surface area contributed by atoms with Crippen LogP contribution in [0.15, 0.2) is 41.3 Å². The molecule has 2 heterocycles. The Kier molecular flexibility index (Phi) is 6.39. The van der Waals surface area contributed by atoms with Gasteiger partial charge in [0.2, 0.25) is 0 Å². The van der Waals surface area contributed by atoms with Gasteiger partial charge in [0, 0.05) is 36.1 Å². The molecule has 2 aromatic carbocycles. The van der Waals surface area contributed by atoms with Gasteiger partial charge in [-0.05, 0) is 36.6 Å². The predicted molar refractivity (Wildman–Crippen MR) is 122 cm³/mol. The number of nitrogens with zero attached hydrogens (tertiary/aromatic N) is 3. The van der Waals surface area contributed by atoms with Crippen LogP contribution < -0.4 is 9.64 Å². The maximum atomic E-state index is 12.5. The molecule has 1 amide bonds. The zero-order chi connectivity index (χ0) is 20.4. The number of piperazine rings is 1. The van der Waals surface area contributed by atoms with Crippen molar-refractivity contribution in [3.05, 3.63) is 46.4 Å². The topological polar surface area (TPSA) is 45.7 Å². The highest BCUT2D eigenvalue weighted by Gasteiger charge is 2.24. The molecule has 152 valence electrons. The molecule has 0 saturated carbocycles. The number of thioether (sulfide) groups is 1. The van der Waals surface area contributed by atoms with Crippen molar-refractivity contribution in [2.24, 2.45) is 0 Å². The summed E-state index contributed by atoms with van der Waals surface area (Å²) in [7, 11) is 0. The molecular formula is C20H19Cl2N3O2S2. The third kappa shape index (κ3) is 4.58. The van der Waals surface area contributed by atoms with Crippen molar-refractivity contribution in [3.8, 4) is 5.75 Å². The van der Waals surface area contributed by atoms with E-state index in [0.29, 0.717) is 28.9 Å². The Morgan fingerprint density at radius 1 is 1.21 bits per heavy atom. The zero-order valence-corrected chi connectivity index (χ0v) is 18.9. The highest BCUT2D eigenvalue weighted by molar-refractivity contribution is 7.98. The molecule has 1 fully saturated rings. The molecule has 0 atom stereocenters. The lowest BCUT2D eigenvalue weighted by Gasteiger charge is -2.34. The molecule has 4 rings (SSSR count). The van der Waals surface area contributed by atoms with E-state index in [9.17, 15) is 4.79 Å². The number of hydrogen-bond acceptors (Lipinski definition) is 6. The van der Waals surface area contributed by atoms with Crippen LogP contribution in [-0.2, 0) is 4.79 Å². The summed E-state index contributed by atoms with van der Waals surface area (Å²) >= 11 is 15.4. The van der Waals surface area contributed by atoms with Crippen molar-refractivity contribution in [3.63, 3.8) is 0 Å². The Morgan fingerprint density at radius 3 is 2.72 bits per heavy atom. The number of halogens is 2. The van der Waals surface area contributed by atoms with Gasteiger partial charge in [0.15, 0.2) is 11.7 Å². The first-order chi connectivity index (χ1) is 14.0. The van der Waals surface area contributed by atoms with E-state index in [1.165, 1.54) is 9.60 Å². The van der Waals surface area contributed by atoms with Crippen molar-refractivity contribution >= 4 is 67.6 Å². The largest absolute Gasteiger partial charge is 0.482 e. The maximum Gasteiger partial charge on any atom is 0.260 e. The van der Waals surface area contributed by atoms with Crippen molar-refractivity contribution < 1.29 is 9.53 Å². The molecule has 0 spiro atoms. The number of rotatable bonds is 5. The summed E-state index contributed by atoms with van der Waals surface area (Å²) in [5.74, 6) is 0.409. The lowest BCUT2D eigenvalue weighted by molar-refractivity contribution is -0.133. The van der Waals surface area contributed by atoms with Gasteiger partial charge in [0.05, 0.1) is 15.2 Å². The Hall–Kier alpha value is -1.67. The SMILES string of the molecule is CSc1cccc2sc(N3CCN(C(=O)COc4ccc(Cl)cc4Cl)CC3)nc12. The monoisotopic (exact) mass is 467 g/mol. The number of para-hydroxylation sites is 1. The minimum Gasteiger partial charge on any atom is -0.482 e. The second-order valence-corrected chi connectivity index (χ2v) is 9.24. The second kappa shape index (κ2) is 9.00. The fourth-order valence-electron chi connectivity index (χ4n) is 3.18. The van der Waals surface area contributed by atoms with Crippen LogP contribution in [0.1, 0.15) is 0 Å². The zero-order valence-electron chi connectivity index (χ0n) is 15.7. The number of aromatic nitrogens is 1. The van der Waals surface area contributed by atoms with Gasteiger partial charge >= 0.3 is 0 Å². The molecule has 0 N–H and O–H groups in total. The van der Waals surface area contributed by atoms with Gasteiger partial charge in [-0.15, -0.1) is 11.8 Å². The predicted octanol–water partition coefficient (Wildman–Crippen LogP) is 5.05. The number of amides is 1. The molecule has 0 unspecified atom stereocenters. The molecule has 5 nitrogen and oxygen atoms in total. The van der Waals surface area contributed by atoms with Crippen molar-refractivity contribution in [2.75, 3.05) is 43.9 Å². The fraction of sp³-hybridized carbons (Fsp3) is 0.300. The smallest absolute Gasteiger partial charge is 0.260 e. The van der Waals surface area contributed by atoms with Crippen LogP contribution in [0, 0.1) is 0 Å². The number of ether oxygens (including phenoxy) is 1. The van der Waals surface area contributed by atoms with Crippen LogP contribution in [0.5, 0.6) is 5.75 Å². The minimum absolute atomic E-state index is 0.0421. The number of carbonyl (C=O) groups excluding carboxylic acids is 1. The second-order valence-electron chi connectivity index (χ2n) is 6.53. The van der Waals surface area contributed by atoms with E-state index in [0.717, 1.165) is 23.7 Å². The van der Waals surface area contributed by atoms with Gasteiger partial charge in [0.1, 0.15) is 5.75 Å². The molecule has 0 aliphatic carbocycles. The van der Waals surface area contributed by atoms with Crippen molar-refractivity contribution in [2.45, 2.75) is 4.90 Å². The molecule has 1 aliphatic rings. The average molecular weight is 468 g/mol. The molecule has 9 heteroatoms. The summed E-state index contributed by atoms with van der Waals surface area (Å²) < 4.78 is 6.77. The molecule has 0 bridgehead atoms. The van der Waals surface area contributed by atoms with Gasteiger partial charge in [-0.1, -0.05) is 40.6 Å². The molecule has 1 aliphatic heterocycles. The van der Waals surface area contributed by atoms with Crippen LogP contribution in [0.2, 0.25) is 10.0 Å². The van der Waals surface area contributed by atoms with Gasteiger partial charge < -0.3 is 14.5 Å². The lowest BCUT2D eigenvalue weighted by atomic mass is 10.3. The summed E-state index contributed by atoms with van der Waals surface area (Å²) in [5, 5.41) is 1.94. The summed E-state index contributed by atoms with van der Waals surface area (Å²) in [4.78, 5) is 22.6. The van der Waals surface area contributed by atoms with E-state index in [4.69, 9.17) is 32.9 Å². The summed E-state index contributed by atoms with van der Waals surface area (Å²) in [6.07, 6.45) is 2.07. The van der Waals surface area contributed by atoms with E-state index >= 15 is 0 Å². The number of fused-ring (bicyclic) bond motifs is 1. The van der Waals surface area contributed by atoms with Crippen molar-refractivity contribution in [1.29, 1.82) is 0 Å². The minimum atomic E-state index is -0.0513. The van der Waals surface area contributed by atoms with Crippen LogP contribution in [-0.4, -0.2) is 54.8 Å². The maximum absolute atomic E-state index is 12.5. The Bertz CT molecular complexity index is 1040. The van der Waals surface area contributed by atoms with E-state index in [1.54, 1.807) is 41.3 Å². The number of carbonyl (C=O) groups is 1.